The molecule has 20 heavy (non-hydrogen) atoms. The van der Waals surface area contributed by atoms with Crippen molar-refractivity contribution in [2.75, 3.05) is 6.54 Å². The van der Waals surface area contributed by atoms with E-state index in [4.69, 9.17) is 0 Å². The summed E-state index contributed by atoms with van der Waals surface area (Å²) in [7, 11) is 0. The van der Waals surface area contributed by atoms with Crippen molar-refractivity contribution in [3.8, 4) is 5.75 Å². The minimum Gasteiger partial charge on any atom is -0.503 e. The average molecular weight is 280 g/mol. The summed E-state index contributed by atoms with van der Waals surface area (Å²) in [5.41, 5.74) is 0.783. The highest BCUT2D eigenvalue weighted by atomic mass is 16.3. The third-order valence-corrected chi connectivity index (χ3v) is 4.25. The lowest BCUT2D eigenvalue weighted by Crippen LogP contribution is -2.38. The molecule has 2 rings (SSSR count). The fraction of sp³-hybridized carbons (Fsp3) is 0.667. The van der Waals surface area contributed by atoms with E-state index in [9.17, 15) is 15.0 Å². The predicted molar refractivity (Wildman–Crippen MR) is 77.7 cm³/mol. The summed E-state index contributed by atoms with van der Waals surface area (Å²) in [6.07, 6.45) is 3.54. The Morgan fingerprint density at radius 2 is 2.15 bits per heavy atom. The van der Waals surface area contributed by atoms with Gasteiger partial charge in [0.1, 0.15) is 0 Å². The Morgan fingerprint density at radius 3 is 2.75 bits per heavy atom. The molecule has 1 fully saturated rings. The number of piperidine rings is 1. The molecule has 5 nitrogen and oxygen atoms in total. The van der Waals surface area contributed by atoms with E-state index in [2.05, 4.69) is 11.8 Å². The van der Waals surface area contributed by atoms with Crippen LogP contribution in [0.3, 0.4) is 0 Å². The molecule has 1 unspecified atom stereocenters. The fourth-order valence-electron chi connectivity index (χ4n) is 3.01. The number of likely N-dealkylation sites (tertiary alicyclic amines) is 1. The van der Waals surface area contributed by atoms with Crippen LogP contribution in [0.4, 0.5) is 0 Å². The zero-order chi connectivity index (χ0) is 14.7. The van der Waals surface area contributed by atoms with E-state index in [1.807, 2.05) is 11.5 Å². The fourth-order valence-corrected chi connectivity index (χ4v) is 3.01. The molecule has 1 aromatic rings. The van der Waals surface area contributed by atoms with Crippen LogP contribution in [0.5, 0.6) is 5.75 Å². The monoisotopic (exact) mass is 280 g/mol. The predicted octanol–water partition coefficient (Wildman–Crippen LogP) is 1.44. The molecular formula is C15H24N2O3. The number of aliphatic hydroxyl groups is 1. The highest BCUT2D eigenvalue weighted by Gasteiger charge is 2.22. The Bertz CT molecular complexity index is 525. The molecule has 1 aromatic heterocycles. The van der Waals surface area contributed by atoms with E-state index in [1.54, 1.807) is 0 Å². The summed E-state index contributed by atoms with van der Waals surface area (Å²) in [5, 5.41) is 19.5. The van der Waals surface area contributed by atoms with Crippen molar-refractivity contribution in [1.82, 2.24) is 9.47 Å². The first kappa shape index (κ1) is 15.1. The van der Waals surface area contributed by atoms with Crippen molar-refractivity contribution in [3.63, 3.8) is 0 Å². The lowest BCUT2D eigenvalue weighted by Gasteiger charge is -2.34. The summed E-state index contributed by atoms with van der Waals surface area (Å²) in [6.45, 7) is 6.12. The van der Waals surface area contributed by atoms with Gasteiger partial charge in [0.15, 0.2) is 5.75 Å². The van der Waals surface area contributed by atoms with Gasteiger partial charge in [-0.1, -0.05) is 6.42 Å². The number of aromatic hydroxyl groups is 1. The maximum absolute atomic E-state index is 11.8. The molecule has 1 aliphatic heterocycles. The third-order valence-electron chi connectivity index (χ3n) is 4.25. The minimum atomic E-state index is -0.404. The SMILES string of the molecule is CCn1c(CO)cc(=O)c(O)c1CN1CCCCC1C. The number of pyridine rings is 1. The number of hydrogen-bond donors (Lipinski definition) is 2. The largest absolute Gasteiger partial charge is 0.503 e. The Labute approximate surface area is 119 Å². The summed E-state index contributed by atoms with van der Waals surface area (Å²) >= 11 is 0. The molecule has 0 bridgehead atoms. The van der Waals surface area contributed by atoms with Gasteiger partial charge in [-0.2, -0.15) is 0 Å². The van der Waals surface area contributed by atoms with Crippen molar-refractivity contribution in [2.24, 2.45) is 0 Å². The van der Waals surface area contributed by atoms with Crippen LogP contribution in [-0.4, -0.2) is 32.3 Å². The molecule has 112 valence electrons. The van der Waals surface area contributed by atoms with Crippen LogP contribution < -0.4 is 5.43 Å². The molecule has 0 aromatic carbocycles. The van der Waals surface area contributed by atoms with E-state index in [0.717, 1.165) is 19.4 Å². The van der Waals surface area contributed by atoms with Gasteiger partial charge >= 0.3 is 0 Å². The maximum Gasteiger partial charge on any atom is 0.223 e. The first-order valence-electron chi connectivity index (χ1n) is 7.38. The zero-order valence-corrected chi connectivity index (χ0v) is 12.3. The number of hydrogen-bond acceptors (Lipinski definition) is 4. The van der Waals surface area contributed by atoms with Gasteiger partial charge in [0.25, 0.3) is 0 Å². The highest BCUT2D eigenvalue weighted by Crippen LogP contribution is 2.23. The summed E-state index contributed by atoms with van der Waals surface area (Å²) in [4.78, 5) is 14.1. The molecule has 2 heterocycles. The molecule has 0 aliphatic carbocycles. The van der Waals surface area contributed by atoms with Crippen LogP contribution >= 0.6 is 0 Å². The molecule has 5 heteroatoms. The molecular weight excluding hydrogens is 256 g/mol. The molecule has 0 radical (unpaired) electrons. The van der Waals surface area contributed by atoms with E-state index < -0.39 is 5.43 Å². The number of aliphatic hydroxyl groups excluding tert-OH is 1. The first-order chi connectivity index (χ1) is 9.58. The van der Waals surface area contributed by atoms with E-state index in [-0.39, 0.29) is 12.4 Å². The number of rotatable bonds is 4. The van der Waals surface area contributed by atoms with Gasteiger partial charge in [-0.15, -0.1) is 0 Å². The van der Waals surface area contributed by atoms with Crippen molar-refractivity contribution in [1.29, 1.82) is 0 Å². The number of nitrogens with zero attached hydrogens (tertiary/aromatic N) is 2. The van der Waals surface area contributed by atoms with E-state index in [0.29, 0.717) is 30.5 Å². The Morgan fingerprint density at radius 1 is 1.40 bits per heavy atom. The van der Waals surface area contributed by atoms with Crippen LogP contribution in [0.2, 0.25) is 0 Å². The Hall–Kier alpha value is -1.33. The van der Waals surface area contributed by atoms with Crippen molar-refractivity contribution in [2.45, 2.75) is 58.8 Å². The Balaban J connectivity index is 2.38. The topological polar surface area (TPSA) is 65.7 Å². The van der Waals surface area contributed by atoms with Gasteiger partial charge in [0, 0.05) is 30.9 Å². The van der Waals surface area contributed by atoms with Gasteiger partial charge in [0.2, 0.25) is 5.43 Å². The summed E-state index contributed by atoms with van der Waals surface area (Å²) in [5.74, 6) is -0.179. The highest BCUT2D eigenvalue weighted by molar-refractivity contribution is 5.30. The molecule has 1 atom stereocenters. The lowest BCUT2D eigenvalue weighted by atomic mass is 10.0. The van der Waals surface area contributed by atoms with Crippen molar-refractivity contribution >= 4 is 0 Å². The quantitative estimate of drug-likeness (QED) is 0.876. The van der Waals surface area contributed by atoms with Crippen LogP contribution in [0.15, 0.2) is 10.9 Å². The molecule has 1 aliphatic rings. The standard InChI is InChI=1S/C15H24N2O3/c1-3-17-12(10-18)8-14(19)15(20)13(17)9-16-7-5-4-6-11(16)2/h8,11,18,20H,3-7,9-10H2,1-2H3. The van der Waals surface area contributed by atoms with E-state index >= 15 is 0 Å². The van der Waals surface area contributed by atoms with E-state index in [1.165, 1.54) is 12.5 Å². The van der Waals surface area contributed by atoms with Gasteiger partial charge in [0.05, 0.1) is 12.3 Å². The maximum atomic E-state index is 11.8. The average Bonchev–Trinajstić information content (AvgIpc) is 2.45. The van der Waals surface area contributed by atoms with Gasteiger partial charge < -0.3 is 14.8 Å². The smallest absolute Gasteiger partial charge is 0.223 e. The minimum absolute atomic E-state index is 0.179. The van der Waals surface area contributed by atoms with Gasteiger partial charge in [-0.25, -0.2) is 0 Å². The normalized spacial score (nSPS) is 20.2. The number of aromatic nitrogens is 1. The second-order valence-corrected chi connectivity index (χ2v) is 5.51. The van der Waals surface area contributed by atoms with Crippen molar-refractivity contribution in [3.05, 3.63) is 27.7 Å². The second kappa shape index (κ2) is 6.41. The summed E-state index contributed by atoms with van der Waals surface area (Å²) in [6, 6.07) is 1.78. The van der Waals surface area contributed by atoms with Gasteiger partial charge in [-0.3, -0.25) is 9.69 Å². The lowest BCUT2D eigenvalue weighted by molar-refractivity contribution is 0.146. The zero-order valence-electron chi connectivity index (χ0n) is 12.3. The Kier molecular flexibility index (Phi) is 4.83. The van der Waals surface area contributed by atoms with Gasteiger partial charge in [-0.05, 0) is 33.2 Å². The first-order valence-corrected chi connectivity index (χ1v) is 7.38. The third kappa shape index (κ3) is 2.88. The van der Waals surface area contributed by atoms with Crippen LogP contribution in [0.1, 0.15) is 44.5 Å². The van der Waals surface area contributed by atoms with Crippen LogP contribution in [0.25, 0.3) is 0 Å². The molecule has 0 spiro atoms. The van der Waals surface area contributed by atoms with Crippen molar-refractivity contribution < 1.29 is 10.2 Å². The van der Waals surface area contributed by atoms with Crippen LogP contribution in [-0.2, 0) is 19.7 Å². The molecule has 0 saturated carbocycles. The molecule has 1 saturated heterocycles. The second-order valence-electron chi connectivity index (χ2n) is 5.51. The van der Waals surface area contributed by atoms with Crippen LogP contribution in [0, 0.1) is 0 Å². The molecule has 0 amide bonds. The summed E-state index contributed by atoms with van der Waals surface area (Å²) < 4.78 is 1.85. The molecule has 2 N–H and O–H groups in total.